The minimum Gasteiger partial charge on any atom is -0.455 e. The Balaban J connectivity index is 1.62. The monoisotopic (exact) mass is 484 g/mol. The highest BCUT2D eigenvalue weighted by Gasteiger charge is 2.24. The van der Waals surface area contributed by atoms with Crippen LogP contribution in [0.2, 0.25) is 0 Å². The van der Waals surface area contributed by atoms with E-state index in [1.54, 1.807) is 47.4 Å². The summed E-state index contributed by atoms with van der Waals surface area (Å²) in [5, 5.41) is 0. The number of para-hydroxylation sites is 3. The van der Waals surface area contributed by atoms with E-state index in [-0.39, 0.29) is 10.8 Å². The Labute approximate surface area is 197 Å². The molecule has 33 heavy (non-hydrogen) atoms. The third-order valence-corrected chi connectivity index (χ3v) is 7.27. The van der Waals surface area contributed by atoms with Gasteiger partial charge in [0.25, 0.3) is 15.9 Å². The summed E-state index contributed by atoms with van der Waals surface area (Å²) in [6.45, 7) is 1.90. The fourth-order valence-corrected chi connectivity index (χ4v) is 5.08. The van der Waals surface area contributed by atoms with Crippen LogP contribution in [0.15, 0.2) is 82.6 Å². The number of hydrogen-bond donors (Lipinski definition) is 1. The van der Waals surface area contributed by atoms with E-state index in [0.29, 0.717) is 49.1 Å². The Morgan fingerprint density at radius 2 is 1.70 bits per heavy atom. The SMILES string of the molecule is CSc1ccc(S(=O)(=O)Nc2ccccc2Oc2ccccc2)cc1C(=O)N1CCOCC1. The number of amides is 1. The smallest absolute Gasteiger partial charge is 0.262 e. The quantitative estimate of drug-likeness (QED) is 0.498. The van der Waals surface area contributed by atoms with Crippen molar-refractivity contribution in [2.24, 2.45) is 0 Å². The number of rotatable bonds is 7. The molecule has 0 aliphatic carbocycles. The molecule has 0 radical (unpaired) electrons. The molecule has 1 saturated heterocycles. The molecule has 1 aliphatic rings. The van der Waals surface area contributed by atoms with Crippen molar-refractivity contribution in [1.29, 1.82) is 0 Å². The number of anilines is 1. The number of benzene rings is 3. The Morgan fingerprint density at radius 1 is 1.00 bits per heavy atom. The highest BCUT2D eigenvalue weighted by atomic mass is 32.2. The highest BCUT2D eigenvalue weighted by Crippen LogP contribution is 2.32. The van der Waals surface area contributed by atoms with Crippen molar-refractivity contribution in [3.05, 3.63) is 78.4 Å². The Kier molecular flexibility index (Phi) is 7.22. The van der Waals surface area contributed by atoms with Crippen LogP contribution in [0.5, 0.6) is 11.5 Å². The number of carbonyl (C=O) groups excluding carboxylic acids is 1. The molecule has 1 amide bonds. The zero-order chi connectivity index (χ0) is 23.3. The molecule has 1 fully saturated rings. The maximum absolute atomic E-state index is 13.2. The molecular formula is C24H24N2O5S2. The van der Waals surface area contributed by atoms with Gasteiger partial charge in [-0.1, -0.05) is 30.3 Å². The molecule has 0 bridgehead atoms. The summed E-state index contributed by atoms with van der Waals surface area (Å²) in [4.78, 5) is 15.5. The van der Waals surface area contributed by atoms with Crippen LogP contribution in [-0.4, -0.2) is 51.8 Å². The molecule has 9 heteroatoms. The van der Waals surface area contributed by atoms with Crippen LogP contribution in [0.25, 0.3) is 0 Å². The zero-order valence-electron chi connectivity index (χ0n) is 18.1. The van der Waals surface area contributed by atoms with Gasteiger partial charge in [0.15, 0.2) is 5.75 Å². The summed E-state index contributed by atoms with van der Waals surface area (Å²) in [7, 11) is -3.97. The third kappa shape index (κ3) is 5.50. The van der Waals surface area contributed by atoms with Gasteiger partial charge in [-0.25, -0.2) is 8.42 Å². The molecule has 0 saturated carbocycles. The Hall–Kier alpha value is -3.01. The number of thioether (sulfide) groups is 1. The van der Waals surface area contributed by atoms with Gasteiger partial charge in [0, 0.05) is 18.0 Å². The van der Waals surface area contributed by atoms with Gasteiger partial charge >= 0.3 is 0 Å². The topological polar surface area (TPSA) is 84.9 Å². The molecular weight excluding hydrogens is 460 g/mol. The van der Waals surface area contributed by atoms with Crippen molar-refractivity contribution in [2.45, 2.75) is 9.79 Å². The van der Waals surface area contributed by atoms with Gasteiger partial charge in [0.05, 0.1) is 29.4 Å². The van der Waals surface area contributed by atoms with Crippen LogP contribution >= 0.6 is 11.8 Å². The van der Waals surface area contributed by atoms with Crippen LogP contribution in [-0.2, 0) is 14.8 Å². The highest BCUT2D eigenvalue weighted by molar-refractivity contribution is 7.98. The van der Waals surface area contributed by atoms with Crippen LogP contribution < -0.4 is 9.46 Å². The summed E-state index contributed by atoms with van der Waals surface area (Å²) in [5.74, 6) is 0.761. The first-order valence-electron chi connectivity index (χ1n) is 10.4. The van der Waals surface area contributed by atoms with Crippen molar-refractivity contribution < 1.29 is 22.7 Å². The van der Waals surface area contributed by atoms with E-state index in [0.717, 1.165) is 4.90 Å². The van der Waals surface area contributed by atoms with E-state index in [1.807, 2.05) is 24.5 Å². The van der Waals surface area contributed by atoms with Gasteiger partial charge in [-0.3, -0.25) is 9.52 Å². The van der Waals surface area contributed by atoms with Crippen LogP contribution in [0.1, 0.15) is 10.4 Å². The maximum Gasteiger partial charge on any atom is 0.262 e. The van der Waals surface area contributed by atoms with E-state index < -0.39 is 10.0 Å². The van der Waals surface area contributed by atoms with Crippen molar-refractivity contribution in [1.82, 2.24) is 4.90 Å². The molecule has 3 aromatic carbocycles. The molecule has 4 rings (SSSR count). The van der Waals surface area contributed by atoms with Crippen molar-refractivity contribution in [3.63, 3.8) is 0 Å². The molecule has 1 aliphatic heterocycles. The number of nitrogens with one attached hydrogen (secondary N) is 1. The lowest BCUT2D eigenvalue weighted by Crippen LogP contribution is -2.40. The standard InChI is InChI=1S/C24H24N2O5S2/c1-32-23-12-11-19(17-20(23)24(27)26-13-15-30-16-14-26)33(28,29)25-21-9-5-6-10-22(21)31-18-7-3-2-4-8-18/h2-12,17,25H,13-16H2,1H3. The average molecular weight is 485 g/mol. The van der Waals surface area contributed by atoms with Gasteiger partial charge in [0.2, 0.25) is 0 Å². The second-order valence-corrected chi connectivity index (χ2v) is 9.81. The summed E-state index contributed by atoms with van der Waals surface area (Å²) in [6, 6.07) is 20.5. The maximum atomic E-state index is 13.2. The van der Waals surface area contributed by atoms with Gasteiger partial charge < -0.3 is 14.4 Å². The predicted molar refractivity (Wildman–Crippen MR) is 129 cm³/mol. The van der Waals surface area contributed by atoms with E-state index in [2.05, 4.69) is 4.72 Å². The molecule has 0 aromatic heterocycles. The number of carbonyl (C=O) groups is 1. The number of sulfonamides is 1. The van der Waals surface area contributed by atoms with E-state index in [9.17, 15) is 13.2 Å². The minimum atomic E-state index is -3.97. The minimum absolute atomic E-state index is 0.00595. The Bertz CT molecular complexity index is 1230. The van der Waals surface area contributed by atoms with Crippen LogP contribution in [0.4, 0.5) is 5.69 Å². The summed E-state index contributed by atoms with van der Waals surface area (Å²) < 4.78 is 40.3. The van der Waals surface area contributed by atoms with Gasteiger partial charge in [-0.05, 0) is 48.7 Å². The van der Waals surface area contributed by atoms with Gasteiger partial charge in [-0.2, -0.15) is 0 Å². The fraction of sp³-hybridized carbons (Fsp3) is 0.208. The molecule has 3 aromatic rings. The first-order valence-corrected chi connectivity index (χ1v) is 13.1. The molecule has 0 atom stereocenters. The zero-order valence-corrected chi connectivity index (χ0v) is 19.7. The fourth-order valence-electron chi connectivity index (χ4n) is 3.42. The van der Waals surface area contributed by atoms with Gasteiger partial charge in [-0.15, -0.1) is 11.8 Å². The number of nitrogens with zero attached hydrogens (tertiary/aromatic N) is 1. The van der Waals surface area contributed by atoms with E-state index >= 15 is 0 Å². The summed E-state index contributed by atoms with van der Waals surface area (Å²) in [6.07, 6.45) is 1.86. The predicted octanol–water partition coefficient (Wildman–Crippen LogP) is 4.47. The molecule has 0 spiro atoms. The van der Waals surface area contributed by atoms with Crippen molar-refractivity contribution in [2.75, 3.05) is 37.3 Å². The first-order chi connectivity index (χ1) is 16.0. The third-order valence-electron chi connectivity index (χ3n) is 5.11. The van der Waals surface area contributed by atoms with Crippen molar-refractivity contribution >= 4 is 33.4 Å². The second kappa shape index (κ2) is 10.3. The Morgan fingerprint density at radius 3 is 2.42 bits per heavy atom. The molecule has 0 unspecified atom stereocenters. The first kappa shape index (κ1) is 23.2. The van der Waals surface area contributed by atoms with Crippen molar-refractivity contribution in [3.8, 4) is 11.5 Å². The molecule has 7 nitrogen and oxygen atoms in total. The number of ether oxygens (including phenoxy) is 2. The summed E-state index contributed by atoms with van der Waals surface area (Å²) >= 11 is 1.40. The molecule has 1 heterocycles. The van der Waals surface area contributed by atoms with Crippen LogP contribution in [0, 0.1) is 0 Å². The average Bonchev–Trinajstić information content (AvgIpc) is 2.85. The van der Waals surface area contributed by atoms with Crippen LogP contribution in [0.3, 0.4) is 0 Å². The van der Waals surface area contributed by atoms with E-state index in [4.69, 9.17) is 9.47 Å². The largest absolute Gasteiger partial charge is 0.455 e. The molecule has 172 valence electrons. The lowest BCUT2D eigenvalue weighted by molar-refractivity contribution is 0.0300. The van der Waals surface area contributed by atoms with Gasteiger partial charge in [0.1, 0.15) is 5.75 Å². The molecule has 1 N–H and O–H groups in total. The lowest BCUT2D eigenvalue weighted by atomic mass is 10.2. The normalized spacial score (nSPS) is 14.0. The lowest BCUT2D eigenvalue weighted by Gasteiger charge is -2.27. The van der Waals surface area contributed by atoms with E-state index in [1.165, 1.54) is 23.9 Å². The number of morpholine rings is 1. The summed E-state index contributed by atoms with van der Waals surface area (Å²) in [5.41, 5.74) is 0.664. The number of hydrogen-bond acceptors (Lipinski definition) is 6. The second-order valence-electron chi connectivity index (χ2n) is 7.28.